The van der Waals surface area contributed by atoms with Crippen molar-refractivity contribution < 1.29 is 4.79 Å². The molecule has 3 aromatic rings. The number of aryl methyl sites for hydroxylation is 3. The number of nitrogens with one attached hydrogen (secondary N) is 1. The maximum Gasteiger partial charge on any atom is 0.229 e. The minimum Gasteiger partial charge on any atom is -0.295 e. The summed E-state index contributed by atoms with van der Waals surface area (Å²) in [6, 6.07) is 8.02. The third kappa shape index (κ3) is 3.07. The zero-order valence-electron chi connectivity index (χ0n) is 12.6. The van der Waals surface area contributed by atoms with E-state index in [-0.39, 0.29) is 5.91 Å². The van der Waals surface area contributed by atoms with Gasteiger partial charge >= 0.3 is 0 Å². The lowest BCUT2D eigenvalue weighted by atomic mass is 10.3. The molecule has 0 saturated carbocycles. The summed E-state index contributed by atoms with van der Waals surface area (Å²) in [5, 5.41) is 3.77. The number of carbonyl (C=O) groups excluding carboxylic acids is 1. The Morgan fingerprint density at radius 1 is 1.22 bits per heavy atom. The first-order valence-corrected chi connectivity index (χ1v) is 8.59. The number of carbonyl (C=O) groups is 1. The number of amides is 1. The van der Waals surface area contributed by atoms with Gasteiger partial charge in [-0.2, -0.15) is 0 Å². The minimum atomic E-state index is -0.0674. The molecule has 0 bridgehead atoms. The largest absolute Gasteiger partial charge is 0.295 e. The Morgan fingerprint density at radius 2 is 2.13 bits per heavy atom. The molecular weight excluding hydrogens is 308 g/mol. The number of rotatable bonds is 4. The molecule has 0 aliphatic heterocycles. The number of para-hydroxylation sites is 1. The second-order valence-corrected chi connectivity index (χ2v) is 6.76. The quantitative estimate of drug-likeness (QED) is 0.800. The van der Waals surface area contributed by atoms with Gasteiger partial charge in [-0.15, -0.1) is 11.3 Å². The highest BCUT2D eigenvalue weighted by Gasteiger charge is 2.14. The van der Waals surface area contributed by atoms with Crippen LogP contribution in [0.1, 0.15) is 29.1 Å². The van der Waals surface area contributed by atoms with E-state index in [1.165, 1.54) is 5.56 Å². The van der Waals surface area contributed by atoms with Gasteiger partial charge in [0.15, 0.2) is 0 Å². The molecule has 0 fully saturated rings. The van der Waals surface area contributed by atoms with E-state index < -0.39 is 0 Å². The predicted octanol–water partition coefficient (Wildman–Crippen LogP) is 3.15. The van der Waals surface area contributed by atoms with Crippen LogP contribution < -0.4 is 5.32 Å². The van der Waals surface area contributed by atoms with Crippen LogP contribution in [0.4, 0.5) is 5.95 Å². The number of hydrogen-bond donors (Lipinski definition) is 1. The van der Waals surface area contributed by atoms with Gasteiger partial charge in [-0.05, 0) is 37.0 Å². The summed E-state index contributed by atoms with van der Waals surface area (Å²) >= 11 is 1.64. The molecule has 0 spiro atoms. The second-order valence-electron chi connectivity index (χ2n) is 5.64. The van der Waals surface area contributed by atoms with Crippen LogP contribution in [-0.2, 0) is 24.1 Å². The van der Waals surface area contributed by atoms with Gasteiger partial charge < -0.3 is 0 Å². The standard InChI is InChI=1S/C17H16N4OS/c22-15(21-17-18-10-11-4-3-6-12(11)20-17)8-9-16-19-13-5-1-2-7-14(13)23-16/h1-2,5,7,10H,3-4,6,8-9H2,(H,18,20,21,22). The molecule has 0 radical (unpaired) electrons. The molecule has 6 heteroatoms. The Hall–Kier alpha value is -2.34. The summed E-state index contributed by atoms with van der Waals surface area (Å²) in [4.78, 5) is 25.3. The lowest BCUT2D eigenvalue weighted by Gasteiger charge is -2.04. The normalized spacial score (nSPS) is 13.2. The molecule has 1 aromatic carbocycles. The van der Waals surface area contributed by atoms with E-state index in [0.717, 1.165) is 40.2 Å². The highest BCUT2D eigenvalue weighted by molar-refractivity contribution is 7.18. The Kier molecular flexibility index (Phi) is 3.75. The van der Waals surface area contributed by atoms with Gasteiger partial charge in [-0.25, -0.2) is 15.0 Å². The number of fused-ring (bicyclic) bond motifs is 2. The summed E-state index contributed by atoms with van der Waals surface area (Å²) in [6.45, 7) is 0. The van der Waals surface area contributed by atoms with Crippen molar-refractivity contribution in [2.24, 2.45) is 0 Å². The van der Waals surface area contributed by atoms with E-state index in [1.54, 1.807) is 11.3 Å². The summed E-state index contributed by atoms with van der Waals surface area (Å²) in [5.74, 6) is 0.349. The number of benzene rings is 1. The van der Waals surface area contributed by atoms with Gasteiger partial charge in [0.2, 0.25) is 11.9 Å². The van der Waals surface area contributed by atoms with E-state index in [4.69, 9.17) is 0 Å². The molecule has 0 saturated heterocycles. The molecular formula is C17H16N4OS. The van der Waals surface area contributed by atoms with Crippen molar-refractivity contribution >= 4 is 33.4 Å². The van der Waals surface area contributed by atoms with Gasteiger partial charge in [0, 0.05) is 24.7 Å². The lowest BCUT2D eigenvalue weighted by molar-refractivity contribution is -0.116. The van der Waals surface area contributed by atoms with Crippen LogP contribution in [-0.4, -0.2) is 20.9 Å². The number of anilines is 1. The van der Waals surface area contributed by atoms with Crippen molar-refractivity contribution in [3.8, 4) is 0 Å². The van der Waals surface area contributed by atoms with Crippen LogP contribution in [0.2, 0.25) is 0 Å². The highest BCUT2D eigenvalue weighted by atomic mass is 32.1. The van der Waals surface area contributed by atoms with Crippen molar-refractivity contribution in [1.82, 2.24) is 15.0 Å². The average molecular weight is 324 g/mol. The molecule has 2 aromatic heterocycles. The molecule has 116 valence electrons. The highest BCUT2D eigenvalue weighted by Crippen LogP contribution is 2.23. The summed E-state index contributed by atoms with van der Waals surface area (Å²) in [7, 11) is 0. The molecule has 1 aliphatic carbocycles. The molecule has 1 aliphatic rings. The number of thiazole rings is 1. The third-order valence-corrected chi connectivity index (χ3v) is 5.07. The minimum absolute atomic E-state index is 0.0674. The van der Waals surface area contributed by atoms with Gasteiger partial charge in [-0.3, -0.25) is 10.1 Å². The first-order valence-electron chi connectivity index (χ1n) is 7.77. The smallest absolute Gasteiger partial charge is 0.229 e. The van der Waals surface area contributed by atoms with Crippen LogP contribution in [0.5, 0.6) is 0 Å². The Morgan fingerprint density at radius 3 is 3.04 bits per heavy atom. The number of hydrogen-bond acceptors (Lipinski definition) is 5. The van der Waals surface area contributed by atoms with Crippen molar-refractivity contribution in [2.75, 3.05) is 5.32 Å². The van der Waals surface area contributed by atoms with Gasteiger partial charge in [0.05, 0.1) is 15.2 Å². The average Bonchev–Trinajstić information content (AvgIpc) is 3.18. The molecule has 2 heterocycles. The van der Waals surface area contributed by atoms with Crippen LogP contribution in [0.15, 0.2) is 30.5 Å². The molecule has 23 heavy (non-hydrogen) atoms. The molecule has 5 nitrogen and oxygen atoms in total. The van der Waals surface area contributed by atoms with Crippen LogP contribution >= 0.6 is 11.3 Å². The first-order chi connectivity index (χ1) is 11.3. The zero-order chi connectivity index (χ0) is 15.6. The fraction of sp³-hybridized carbons (Fsp3) is 0.294. The van der Waals surface area contributed by atoms with E-state index in [9.17, 15) is 4.79 Å². The zero-order valence-corrected chi connectivity index (χ0v) is 13.4. The lowest BCUT2D eigenvalue weighted by Crippen LogP contribution is -2.15. The second kappa shape index (κ2) is 6.04. The monoisotopic (exact) mass is 324 g/mol. The topological polar surface area (TPSA) is 67.8 Å². The first kappa shape index (κ1) is 14.3. The van der Waals surface area contributed by atoms with E-state index >= 15 is 0 Å². The van der Waals surface area contributed by atoms with Crippen molar-refractivity contribution in [3.05, 3.63) is 46.7 Å². The molecule has 0 unspecified atom stereocenters. The summed E-state index contributed by atoms with van der Waals surface area (Å²) in [6.07, 6.45) is 6.00. The van der Waals surface area contributed by atoms with Gasteiger partial charge in [0.25, 0.3) is 0 Å². The van der Waals surface area contributed by atoms with Crippen molar-refractivity contribution in [2.45, 2.75) is 32.1 Å². The SMILES string of the molecule is O=C(CCc1nc2ccccc2s1)Nc1ncc2c(n1)CCC2. The van der Waals surface area contributed by atoms with Crippen molar-refractivity contribution in [1.29, 1.82) is 0 Å². The maximum atomic E-state index is 12.1. The van der Waals surface area contributed by atoms with E-state index in [1.807, 2.05) is 24.4 Å². The van der Waals surface area contributed by atoms with E-state index in [0.29, 0.717) is 18.8 Å². The maximum absolute atomic E-state index is 12.1. The van der Waals surface area contributed by atoms with E-state index in [2.05, 4.69) is 26.3 Å². The molecule has 0 atom stereocenters. The van der Waals surface area contributed by atoms with Gasteiger partial charge in [-0.1, -0.05) is 12.1 Å². The summed E-state index contributed by atoms with van der Waals surface area (Å²) in [5.41, 5.74) is 3.27. The fourth-order valence-electron chi connectivity index (χ4n) is 2.81. The third-order valence-electron chi connectivity index (χ3n) is 3.97. The molecule has 1 N–H and O–H groups in total. The Bertz CT molecular complexity index is 841. The molecule has 4 rings (SSSR count). The van der Waals surface area contributed by atoms with Crippen LogP contribution in [0.25, 0.3) is 10.2 Å². The van der Waals surface area contributed by atoms with Crippen LogP contribution in [0, 0.1) is 0 Å². The Balaban J connectivity index is 1.38. The van der Waals surface area contributed by atoms with Crippen molar-refractivity contribution in [3.63, 3.8) is 0 Å². The van der Waals surface area contributed by atoms with Gasteiger partial charge in [0.1, 0.15) is 0 Å². The Labute approximate surface area is 137 Å². The molecule has 1 amide bonds. The van der Waals surface area contributed by atoms with Crippen LogP contribution in [0.3, 0.4) is 0 Å². The predicted molar refractivity (Wildman–Crippen MR) is 90.6 cm³/mol. The fourth-order valence-corrected chi connectivity index (χ4v) is 3.78. The number of nitrogens with zero attached hydrogens (tertiary/aromatic N) is 3. The number of aromatic nitrogens is 3. The summed E-state index contributed by atoms with van der Waals surface area (Å²) < 4.78 is 1.16.